The van der Waals surface area contributed by atoms with Gasteiger partial charge in [-0.3, -0.25) is 9.36 Å². The van der Waals surface area contributed by atoms with Crippen molar-refractivity contribution < 1.29 is 23.5 Å². The van der Waals surface area contributed by atoms with Gasteiger partial charge in [0.1, 0.15) is 68.4 Å². The molecule has 0 bridgehead atoms. The first-order chi connectivity index (χ1) is 48.5. The van der Waals surface area contributed by atoms with E-state index in [1.807, 2.05) is 95.8 Å². The summed E-state index contributed by atoms with van der Waals surface area (Å²) in [4.78, 5) is 49.1. The summed E-state index contributed by atoms with van der Waals surface area (Å²) in [6.07, 6.45) is 16.7. The molecule has 0 saturated carbocycles. The molecule has 107 heavy (non-hydrogen) atoms. The molecule has 1 fully saturated rings. The maximum Gasteiger partial charge on any atom is 0.498 e. The third-order valence-electron chi connectivity index (χ3n) is 15.9. The zero-order valence-electron chi connectivity index (χ0n) is 61.1. The van der Waals surface area contributed by atoms with Gasteiger partial charge in [0.2, 0.25) is 26.4 Å². The molecule has 0 aliphatic carbocycles. The smallest absolute Gasteiger partial charge is 0.399 e. The van der Waals surface area contributed by atoms with Gasteiger partial charge in [-0.05, 0) is 163 Å². The molecule has 12 aromatic rings. The lowest BCUT2D eigenvalue weighted by molar-refractivity contribution is 0.00578. The molecule has 13 rings (SSSR count). The standard InChI is InChI=1S/C17H24ClN5OSi.C13H19Cl2N3OSi.C10H17BN2O2.C7H5Cl2N3.C6H2BrCl2N3.C6H3Cl2N3.C6H15ClOSi.3CH4/c1-12-9-23(11-24-6-7-25(3,4)5)16-14(12)15(20-17(18)21-16)13-8-19-22(2)10-13;1-9-7-18(8-19-5-6-20(2,3)4)12-10(9)11(14)16-13(15)17-12;1-9(2)10(3,4)15-11(14-9)8-6-12-13(5)7-8;1-3-2-10-6-4(3)5(8)11-7(9)12-6;7-2-1-10-5-3(2)4(8)11-6(9)12-5;7-4-3-1-2-9-5(3)11-6(8)10-4;1-9(2,3)5-4-8-6-7;;;/h8-10H,6-7,11H2,1-5H3;7H,5-6,8H2,1-4H3;6-7H,1-5H3;2H,1H3,(H,10,11,12);1H,(H,10,11,12);1-2H,(H,9,10,11);4-6H2,1-3H3;3*1H4. The van der Waals surface area contributed by atoms with Gasteiger partial charge in [0.25, 0.3) is 0 Å². The van der Waals surface area contributed by atoms with E-state index in [1.165, 1.54) is 6.04 Å². The Morgan fingerprint density at radius 1 is 0.486 bits per heavy atom. The number of nitrogens with one attached hydrogen (secondary N) is 3. The molecule has 24 nitrogen and oxygen atoms in total. The number of alkyl halides is 1. The van der Waals surface area contributed by atoms with Crippen molar-refractivity contribution in [1.29, 1.82) is 0 Å². The zero-order valence-corrected chi connectivity index (χ0v) is 73.2. The summed E-state index contributed by atoms with van der Waals surface area (Å²) in [5, 5.41) is 14.9. The molecule has 1 saturated heterocycles. The highest BCUT2D eigenvalue weighted by Crippen LogP contribution is 2.37. The van der Waals surface area contributed by atoms with Crippen molar-refractivity contribution in [3.63, 3.8) is 0 Å². The fourth-order valence-electron chi connectivity index (χ4n) is 9.58. The summed E-state index contributed by atoms with van der Waals surface area (Å²) in [5.74, 6) is 0. The molecule has 1 aliphatic rings. The largest absolute Gasteiger partial charge is 0.498 e. The maximum absolute atomic E-state index is 6.18. The SMILES string of the molecule is C.C.C.C[Si](C)(C)CCOCCl.Cc1c[nH]c2nc(Cl)nc(Cl)c12.Cc1cn(COCC[Si](C)(C)C)c2nc(Cl)nc(-c3cnn(C)c3)c12.Cc1cn(COCC[Si](C)(C)C)c2nc(Cl)nc(Cl)c12.Clc1nc(Cl)c2c(Br)c[nH]c2n1.Clc1nc(Cl)c2cc[nH]c2n1.Cn1cc(B2OC(C)(C)C(C)(C)O2)cn1. The van der Waals surface area contributed by atoms with Crippen molar-refractivity contribution in [3.8, 4) is 11.3 Å². The third-order valence-corrected chi connectivity index (χ3v) is 23.7. The Morgan fingerprint density at radius 3 is 1.39 bits per heavy atom. The van der Waals surface area contributed by atoms with Crippen LogP contribution in [0, 0.1) is 20.8 Å². The predicted octanol–water partition coefficient (Wildman–Crippen LogP) is 21.5. The average Bonchev–Trinajstić information content (AvgIpc) is 1.62. The number of nitrogens with zero attached hydrogens (tertiary/aromatic N) is 16. The molecular formula is C68H97BBrCl10N19O5Si3. The quantitative estimate of drug-likeness (QED) is 0.0267. The fraction of sp³-hybridized carbons (Fsp3) is 0.471. The predicted molar refractivity (Wildman–Crippen MR) is 458 cm³/mol. The molecule has 0 unspecified atom stereocenters. The second-order valence-corrected chi connectivity index (χ2v) is 49.8. The molecular weight excluding hydrogens is 1690 g/mol. The second kappa shape index (κ2) is 41.3. The van der Waals surface area contributed by atoms with Crippen LogP contribution in [0.2, 0.25) is 124 Å². The van der Waals surface area contributed by atoms with Crippen LogP contribution in [0.25, 0.3) is 66.4 Å². The maximum atomic E-state index is 6.18. The Kier molecular flexibility index (Phi) is 36.6. The van der Waals surface area contributed by atoms with Gasteiger partial charge in [-0.1, -0.05) is 139 Å². The van der Waals surface area contributed by atoms with Crippen molar-refractivity contribution >= 4 is 224 Å². The van der Waals surface area contributed by atoms with E-state index in [0.717, 1.165) is 108 Å². The lowest BCUT2D eigenvalue weighted by atomic mass is 9.82. The Hall–Kier alpha value is -4.58. The highest BCUT2D eigenvalue weighted by atomic mass is 79.9. The average molecular weight is 1790 g/mol. The molecule has 39 heteroatoms. The van der Waals surface area contributed by atoms with Crippen LogP contribution in [0.1, 0.15) is 66.7 Å². The summed E-state index contributed by atoms with van der Waals surface area (Å²) in [7, 11) is 0.429. The van der Waals surface area contributed by atoms with Crippen molar-refractivity contribution in [2.24, 2.45) is 14.1 Å². The highest BCUT2D eigenvalue weighted by Gasteiger charge is 2.52. The van der Waals surface area contributed by atoms with Crippen LogP contribution in [0.15, 0.2) is 66.3 Å². The van der Waals surface area contributed by atoms with Gasteiger partial charge in [0, 0.05) is 129 Å². The van der Waals surface area contributed by atoms with E-state index < -0.39 is 24.2 Å². The van der Waals surface area contributed by atoms with E-state index in [2.05, 4.69) is 157 Å². The highest BCUT2D eigenvalue weighted by molar-refractivity contribution is 9.10. The Balaban J connectivity index is 0.000000269. The van der Waals surface area contributed by atoms with E-state index in [0.29, 0.717) is 57.1 Å². The van der Waals surface area contributed by atoms with Gasteiger partial charge in [0.15, 0.2) is 0 Å². The summed E-state index contributed by atoms with van der Waals surface area (Å²) in [6.45, 7) is 38.4. The molecule has 0 amide bonds. The molecule has 0 radical (unpaired) electrons. The van der Waals surface area contributed by atoms with Gasteiger partial charge in [-0.25, -0.2) is 24.9 Å². The Morgan fingerprint density at radius 2 is 0.907 bits per heavy atom. The van der Waals surface area contributed by atoms with Crippen molar-refractivity contribution in [2.75, 3.05) is 25.9 Å². The van der Waals surface area contributed by atoms with E-state index in [-0.39, 0.29) is 67.0 Å². The third kappa shape index (κ3) is 27.6. The topological polar surface area (TPSA) is 268 Å². The van der Waals surface area contributed by atoms with Gasteiger partial charge in [-0.2, -0.15) is 35.1 Å². The zero-order chi connectivity index (χ0) is 77.0. The number of aromatic nitrogens is 19. The van der Waals surface area contributed by atoms with Crippen molar-refractivity contribution in [3.05, 3.63) is 130 Å². The number of rotatable bonds is 16. The first kappa shape index (κ1) is 94.8. The van der Waals surface area contributed by atoms with Crippen LogP contribution in [0.4, 0.5) is 0 Å². The number of halogens is 11. The number of hydrogen-bond donors (Lipinski definition) is 3. The summed E-state index contributed by atoms with van der Waals surface area (Å²) < 4.78 is 36.7. The molecule has 0 atom stereocenters. The first-order valence-electron chi connectivity index (χ1n) is 32.6. The molecule has 0 spiro atoms. The van der Waals surface area contributed by atoms with Crippen LogP contribution in [-0.4, -0.2) is 162 Å². The van der Waals surface area contributed by atoms with Crippen LogP contribution in [0.3, 0.4) is 0 Å². The van der Waals surface area contributed by atoms with E-state index >= 15 is 0 Å². The molecule has 3 N–H and O–H groups in total. The lowest BCUT2D eigenvalue weighted by Gasteiger charge is -2.32. The molecule has 0 aromatic carbocycles. The second-order valence-electron chi connectivity index (χ2n) is 28.7. The Labute approximate surface area is 688 Å². The van der Waals surface area contributed by atoms with Crippen molar-refractivity contribution in [2.45, 2.75) is 172 Å². The van der Waals surface area contributed by atoms with Gasteiger partial charge in [-0.15, -0.1) is 0 Å². The molecule has 1 aliphatic heterocycles. The molecule has 13 heterocycles. The normalized spacial score (nSPS) is 13.0. The van der Waals surface area contributed by atoms with Crippen LogP contribution >= 0.6 is 132 Å². The van der Waals surface area contributed by atoms with Gasteiger partial charge >= 0.3 is 7.12 Å². The van der Waals surface area contributed by atoms with Crippen molar-refractivity contribution in [1.82, 2.24) is 93.5 Å². The summed E-state index contributed by atoms with van der Waals surface area (Å²) >= 11 is 61.0. The number of H-pyrrole nitrogens is 3. The van der Waals surface area contributed by atoms with Gasteiger partial charge in [0.05, 0.1) is 44.6 Å². The molecule has 586 valence electrons. The fourth-order valence-corrected chi connectivity index (χ4v) is 14.7. The number of ether oxygens (including phenoxy) is 3. The first-order valence-corrected chi connectivity index (χ1v) is 48.4. The minimum atomic E-state index is -1.09. The van der Waals surface area contributed by atoms with Crippen LogP contribution in [-0.2, 0) is 51.1 Å². The summed E-state index contributed by atoms with van der Waals surface area (Å²) in [6, 6.07) is 5.63. The van der Waals surface area contributed by atoms with E-state index in [4.69, 9.17) is 140 Å². The lowest BCUT2D eigenvalue weighted by Crippen LogP contribution is -2.41. The number of aryl methyl sites for hydroxylation is 5. The monoisotopic (exact) mass is 1780 g/mol. The van der Waals surface area contributed by atoms with E-state index in [1.54, 1.807) is 40.2 Å². The van der Waals surface area contributed by atoms with Gasteiger partial charge < -0.3 is 47.6 Å². The number of hydrogen-bond acceptors (Lipinski definition) is 17. The minimum Gasteiger partial charge on any atom is -0.399 e. The summed E-state index contributed by atoms with van der Waals surface area (Å²) in [5.41, 5.74) is 8.77. The van der Waals surface area contributed by atoms with E-state index in [9.17, 15) is 0 Å². The van der Waals surface area contributed by atoms with Crippen LogP contribution in [0.5, 0.6) is 0 Å². The van der Waals surface area contributed by atoms with Crippen LogP contribution < -0.4 is 5.46 Å². The number of aromatic amines is 3. The number of fused-ring (bicyclic) bond motifs is 5. The Bertz CT molecular complexity index is 4740. The minimum absolute atomic E-state index is 0. The molecule has 12 aromatic heterocycles.